The second-order valence-corrected chi connectivity index (χ2v) is 9.97. The minimum atomic E-state index is -3.59. The molecule has 0 spiro atoms. The molecule has 0 saturated carbocycles. The fraction of sp³-hybridized carbons (Fsp3) is 0.600. The van der Waals surface area contributed by atoms with Crippen LogP contribution in [0.15, 0.2) is 16.3 Å². The van der Waals surface area contributed by atoms with Gasteiger partial charge in [-0.3, -0.25) is 0 Å². The first-order valence-corrected chi connectivity index (χ1v) is 9.92. The summed E-state index contributed by atoms with van der Waals surface area (Å²) in [6, 6.07) is 3.22. The average Bonchev–Trinajstić information content (AvgIpc) is 2.75. The van der Waals surface area contributed by atoms with Gasteiger partial charge < -0.3 is 5.73 Å². The van der Waals surface area contributed by atoms with Crippen LogP contribution in [0, 0.1) is 0 Å². The van der Waals surface area contributed by atoms with Gasteiger partial charge in [0.2, 0.25) is 0 Å². The van der Waals surface area contributed by atoms with E-state index in [0.29, 0.717) is 13.0 Å². The van der Waals surface area contributed by atoms with Crippen LogP contribution in [0.1, 0.15) is 11.3 Å². The maximum absolute atomic E-state index is 12.4. The molecule has 0 aromatic carbocycles. The van der Waals surface area contributed by atoms with Gasteiger partial charge in [0, 0.05) is 24.5 Å². The molecule has 0 radical (unpaired) electrons. The first kappa shape index (κ1) is 14.9. The Balaban J connectivity index is 2.24. The number of hydrogen-bond acceptors (Lipinski definition) is 6. The molecule has 0 bridgehead atoms. The molecule has 1 fully saturated rings. The number of rotatable bonds is 3. The second-order valence-electron chi connectivity index (χ2n) is 4.33. The normalized spacial score (nSPS) is 21.1. The quantitative estimate of drug-likeness (QED) is 0.845. The highest BCUT2D eigenvalue weighted by Gasteiger charge is 2.29. The van der Waals surface area contributed by atoms with E-state index in [1.165, 1.54) is 10.4 Å². The van der Waals surface area contributed by atoms with Gasteiger partial charge in [-0.15, -0.1) is 11.3 Å². The molecule has 2 rings (SSSR count). The van der Waals surface area contributed by atoms with E-state index in [-0.39, 0.29) is 28.8 Å². The van der Waals surface area contributed by atoms with Gasteiger partial charge in [-0.05, 0) is 18.6 Å². The van der Waals surface area contributed by atoms with Crippen molar-refractivity contribution in [2.24, 2.45) is 5.73 Å². The molecule has 0 aliphatic carbocycles. The van der Waals surface area contributed by atoms with E-state index in [2.05, 4.69) is 0 Å². The van der Waals surface area contributed by atoms with Crippen molar-refractivity contribution in [2.75, 3.05) is 24.6 Å². The molecule has 19 heavy (non-hydrogen) atoms. The Labute approximate surface area is 117 Å². The molecule has 9 heteroatoms. The maximum Gasteiger partial charge on any atom is 0.252 e. The van der Waals surface area contributed by atoms with Crippen LogP contribution < -0.4 is 5.73 Å². The number of nitrogens with zero attached hydrogens (tertiary/aromatic N) is 1. The summed E-state index contributed by atoms with van der Waals surface area (Å²) < 4.78 is 49.2. The molecule has 1 aromatic heterocycles. The van der Waals surface area contributed by atoms with Crippen molar-refractivity contribution in [2.45, 2.75) is 17.2 Å². The van der Waals surface area contributed by atoms with Crippen LogP contribution in [-0.2, 0) is 26.4 Å². The lowest BCUT2D eigenvalue weighted by Gasteiger charge is -2.18. The van der Waals surface area contributed by atoms with Crippen LogP contribution >= 0.6 is 11.3 Å². The minimum absolute atomic E-state index is 0.0283. The van der Waals surface area contributed by atoms with E-state index < -0.39 is 19.9 Å². The van der Waals surface area contributed by atoms with Crippen molar-refractivity contribution in [3.8, 4) is 0 Å². The van der Waals surface area contributed by atoms with Crippen molar-refractivity contribution in [1.29, 1.82) is 0 Å². The van der Waals surface area contributed by atoms with E-state index in [4.69, 9.17) is 5.73 Å². The summed E-state index contributed by atoms with van der Waals surface area (Å²) in [5.74, 6) is -0.0567. The molecular formula is C10H16N2O4S3. The van der Waals surface area contributed by atoms with Crippen molar-refractivity contribution < 1.29 is 16.8 Å². The third-order valence-electron chi connectivity index (χ3n) is 2.95. The molecule has 1 aliphatic heterocycles. The minimum Gasteiger partial charge on any atom is -0.326 e. The van der Waals surface area contributed by atoms with Crippen LogP contribution in [0.5, 0.6) is 0 Å². The van der Waals surface area contributed by atoms with Crippen molar-refractivity contribution in [1.82, 2.24) is 4.31 Å². The zero-order chi connectivity index (χ0) is 14.1. The largest absolute Gasteiger partial charge is 0.326 e. The van der Waals surface area contributed by atoms with Gasteiger partial charge in [0.05, 0.1) is 11.5 Å². The highest BCUT2D eigenvalue weighted by molar-refractivity contribution is 7.92. The Kier molecular flexibility index (Phi) is 4.31. The van der Waals surface area contributed by atoms with Crippen molar-refractivity contribution in [3.05, 3.63) is 17.0 Å². The molecule has 1 saturated heterocycles. The zero-order valence-corrected chi connectivity index (χ0v) is 12.7. The van der Waals surface area contributed by atoms with E-state index >= 15 is 0 Å². The van der Waals surface area contributed by atoms with Crippen LogP contribution in [0.3, 0.4) is 0 Å². The Bertz CT molecular complexity index is 648. The fourth-order valence-corrected chi connectivity index (χ4v) is 6.15. The average molecular weight is 324 g/mol. The number of nitrogens with two attached hydrogens (primary N) is 1. The summed E-state index contributed by atoms with van der Waals surface area (Å²) >= 11 is 1.14. The molecule has 0 unspecified atom stereocenters. The fourth-order valence-electron chi connectivity index (χ4n) is 1.89. The molecular weight excluding hydrogens is 308 g/mol. The van der Waals surface area contributed by atoms with Gasteiger partial charge >= 0.3 is 0 Å². The first-order chi connectivity index (χ1) is 8.85. The van der Waals surface area contributed by atoms with Crippen LogP contribution in [0.25, 0.3) is 0 Å². The van der Waals surface area contributed by atoms with Gasteiger partial charge in [0.1, 0.15) is 4.21 Å². The first-order valence-electron chi connectivity index (χ1n) is 5.84. The monoisotopic (exact) mass is 324 g/mol. The summed E-state index contributed by atoms with van der Waals surface area (Å²) in [5, 5.41) is 0. The van der Waals surface area contributed by atoms with E-state index in [1.807, 2.05) is 0 Å². The summed E-state index contributed by atoms with van der Waals surface area (Å²) in [4.78, 5) is 0.793. The standard InChI is InChI=1S/C10H16N2O4S3/c11-8-9-2-3-10(17-9)19(15,16)12-4-1-6-18(13,14)7-5-12/h2-3H,1,4-8,11H2. The Morgan fingerprint density at radius 1 is 1.26 bits per heavy atom. The molecule has 1 aliphatic rings. The number of sulfone groups is 1. The Morgan fingerprint density at radius 2 is 2.00 bits per heavy atom. The highest BCUT2D eigenvalue weighted by atomic mass is 32.2. The van der Waals surface area contributed by atoms with Crippen LogP contribution in [0.2, 0.25) is 0 Å². The summed E-state index contributed by atoms with van der Waals surface area (Å²) in [6.45, 7) is 0.576. The number of thiophene rings is 1. The lowest BCUT2D eigenvalue weighted by atomic mass is 10.5. The second kappa shape index (κ2) is 5.49. The summed E-state index contributed by atoms with van der Waals surface area (Å²) in [7, 11) is -6.71. The third kappa shape index (κ3) is 3.34. The van der Waals surface area contributed by atoms with E-state index in [1.54, 1.807) is 6.07 Å². The lowest BCUT2D eigenvalue weighted by molar-refractivity contribution is 0.436. The summed E-state index contributed by atoms with van der Waals surface area (Å²) in [6.07, 6.45) is 0.344. The van der Waals surface area contributed by atoms with E-state index in [0.717, 1.165) is 16.2 Å². The van der Waals surface area contributed by atoms with Crippen LogP contribution in [0.4, 0.5) is 0 Å². The molecule has 2 heterocycles. The van der Waals surface area contributed by atoms with Gasteiger partial charge in [-0.1, -0.05) is 0 Å². The number of sulfonamides is 1. The Morgan fingerprint density at radius 3 is 2.63 bits per heavy atom. The lowest BCUT2D eigenvalue weighted by Crippen LogP contribution is -2.33. The molecule has 108 valence electrons. The topological polar surface area (TPSA) is 97.5 Å². The SMILES string of the molecule is NCc1ccc(S(=O)(=O)N2CCCS(=O)(=O)CC2)s1. The van der Waals surface area contributed by atoms with Crippen molar-refractivity contribution in [3.63, 3.8) is 0 Å². The summed E-state index contributed by atoms with van der Waals surface area (Å²) in [5.41, 5.74) is 5.47. The predicted molar refractivity (Wildman–Crippen MR) is 74.2 cm³/mol. The highest BCUT2D eigenvalue weighted by Crippen LogP contribution is 2.25. The maximum atomic E-state index is 12.4. The smallest absolute Gasteiger partial charge is 0.252 e. The molecule has 1 aromatic rings. The molecule has 0 amide bonds. The number of hydrogen-bond donors (Lipinski definition) is 1. The van der Waals surface area contributed by atoms with E-state index in [9.17, 15) is 16.8 Å². The predicted octanol–water partition coefficient (Wildman–Crippen LogP) is 0.0160. The zero-order valence-electron chi connectivity index (χ0n) is 10.3. The van der Waals surface area contributed by atoms with Gasteiger partial charge in [0.15, 0.2) is 9.84 Å². The Hall–Kier alpha value is -0.480. The molecule has 0 atom stereocenters. The molecule has 6 nitrogen and oxygen atoms in total. The van der Waals surface area contributed by atoms with Crippen LogP contribution in [-0.4, -0.2) is 45.7 Å². The third-order valence-corrected chi connectivity index (χ3v) is 8.14. The van der Waals surface area contributed by atoms with Gasteiger partial charge in [-0.2, -0.15) is 4.31 Å². The van der Waals surface area contributed by atoms with Gasteiger partial charge in [0.25, 0.3) is 10.0 Å². The van der Waals surface area contributed by atoms with Gasteiger partial charge in [-0.25, -0.2) is 16.8 Å². The molecule has 2 N–H and O–H groups in total. The van der Waals surface area contributed by atoms with Crippen molar-refractivity contribution >= 4 is 31.2 Å².